The number of fused-ring (bicyclic) bond motifs is 1. The Bertz CT molecular complexity index is 645. The van der Waals surface area contributed by atoms with Crippen molar-refractivity contribution in [2.45, 2.75) is 20.0 Å². The van der Waals surface area contributed by atoms with Gasteiger partial charge >= 0.3 is 0 Å². The van der Waals surface area contributed by atoms with Crippen LogP contribution in [-0.2, 0) is 0 Å². The van der Waals surface area contributed by atoms with Gasteiger partial charge < -0.3 is 11.1 Å². The van der Waals surface area contributed by atoms with Crippen molar-refractivity contribution in [3.8, 4) is 0 Å². The summed E-state index contributed by atoms with van der Waals surface area (Å²) in [6, 6.07) is 12.3. The van der Waals surface area contributed by atoms with E-state index in [1.54, 1.807) is 0 Å². The zero-order valence-corrected chi connectivity index (χ0v) is 11.1. The molecule has 0 saturated carbocycles. The predicted molar refractivity (Wildman–Crippen MR) is 79.6 cm³/mol. The quantitative estimate of drug-likeness (QED) is 0.819. The lowest BCUT2D eigenvalue weighted by molar-refractivity contribution is 0.948. The second kappa shape index (κ2) is 4.52. The third-order valence-corrected chi connectivity index (χ3v) is 3.43. The highest BCUT2D eigenvalue weighted by molar-refractivity contribution is 5.92. The van der Waals surface area contributed by atoms with Gasteiger partial charge in [-0.1, -0.05) is 30.3 Å². The molecular formula is C16H17N3. The minimum Gasteiger partial charge on any atom is -0.366 e. The highest BCUT2D eigenvalue weighted by Crippen LogP contribution is 2.32. The first-order valence-electron chi connectivity index (χ1n) is 6.42. The molecule has 0 amide bonds. The molecular weight excluding hydrogens is 234 g/mol. The smallest absolute Gasteiger partial charge is 0.101 e. The third-order valence-electron chi connectivity index (χ3n) is 3.43. The molecule has 1 aromatic carbocycles. The molecule has 1 unspecified atom stereocenters. The van der Waals surface area contributed by atoms with Crippen LogP contribution in [0.25, 0.3) is 11.6 Å². The van der Waals surface area contributed by atoms with Gasteiger partial charge in [0.05, 0.1) is 0 Å². The Morgan fingerprint density at radius 3 is 2.63 bits per heavy atom. The van der Waals surface area contributed by atoms with Crippen molar-refractivity contribution in [2.24, 2.45) is 5.73 Å². The summed E-state index contributed by atoms with van der Waals surface area (Å²) in [6.45, 7) is 4.03. The fraction of sp³-hybridized carbons (Fsp3) is 0.188. The lowest BCUT2D eigenvalue weighted by Crippen LogP contribution is -2.33. The van der Waals surface area contributed by atoms with Crippen LogP contribution in [0.4, 0.5) is 5.69 Å². The summed E-state index contributed by atoms with van der Waals surface area (Å²) in [5, 5.41) is 3.36. The number of nitrogens with zero attached hydrogens (tertiary/aromatic N) is 1. The van der Waals surface area contributed by atoms with Crippen molar-refractivity contribution >= 4 is 17.3 Å². The van der Waals surface area contributed by atoms with Crippen LogP contribution in [0.2, 0.25) is 0 Å². The van der Waals surface area contributed by atoms with Crippen LogP contribution in [0.3, 0.4) is 0 Å². The topological polar surface area (TPSA) is 50.9 Å². The minimum atomic E-state index is -0.184. The van der Waals surface area contributed by atoms with Gasteiger partial charge in [0.15, 0.2) is 0 Å². The number of benzene rings is 1. The SMILES string of the molecule is Cc1cc2c(c(C)n1)C=C(c1ccccc1)C(N)N2. The van der Waals surface area contributed by atoms with Gasteiger partial charge in [0.25, 0.3) is 0 Å². The molecule has 3 nitrogen and oxygen atoms in total. The fourth-order valence-corrected chi connectivity index (χ4v) is 2.52. The molecule has 3 rings (SSSR count). The molecule has 3 heteroatoms. The molecule has 0 aliphatic carbocycles. The average Bonchev–Trinajstić information content (AvgIpc) is 2.38. The summed E-state index contributed by atoms with van der Waals surface area (Å²) in [4.78, 5) is 4.51. The summed E-state index contributed by atoms with van der Waals surface area (Å²) in [7, 11) is 0. The standard InChI is InChI=1S/C16H17N3/c1-10-8-15-13(11(2)18-10)9-14(16(17)19-15)12-6-4-3-5-7-12/h3-9,16,19H,17H2,1-2H3. The molecule has 0 bridgehead atoms. The highest BCUT2D eigenvalue weighted by atomic mass is 15.0. The average molecular weight is 251 g/mol. The Morgan fingerprint density at radius 2 is 1.89 bits per heavy atom. The number of anilines is 1. The molecule has 0 fully saturated rings. The van der Waals surface area contributed by atoms with Gasteiger partial charge in [-0.3, -0.25) is 4.98 Å². The van der Waals surface area contributed by atoms with Gasteiger partial charge in [-0.2, -0.15) is 0 Å². The fourth-order valence-electron chi connectivity index (χ4n) is 2.52. The van der Waals surface area contributed by atoms with Gasteiger partial charge in [-0.05, 0) is 37.1 Å². The van der Waals surface area contributed by atoms with Crippen molar-refractivity contribution < 1.29 is 0 Å². The molecule has 1 aliphatic rings. The van der Waals surface area contributed by atoms with Crippen molar-refractivity contribution in [1.82, 2.24) is 4.98 Å². The lowest BCUT2D eigenvalue weighted by Gasteiger charge is -2.26. The summed E-state index contributed by atoms with van der Waals surface area (Å²) in [5.41, 5.74) is 12.7. The van der Waals surface area contributed by atoms with E-state index in [1.165, 1.54) is 0 Å². The van der Waals surface area contributed by atoms with Gasteiger partial charge in [0.1, 0.15) is 6.17 Å². The zero-order valence-electron chi connectivity index (χ0n) is 11.1. The number of aromatic nitrogens is 1. The summed E-state index contributed by atoms with van der Waals surface area (Å²) < 4.78 is 0. The Kier molecular flexibility index (Phi) is 2.84. The Labute approximate surface area is 113 Å². The van der Waals surface area contributed by atoms with E-state index in [2.05, 4.69) is 28.5 Å². The maximum absolute atomic E-state index is 6.23. The van der Waals surface area contributed by atoms with E-state index in [4.69, 9.17) is 5.73 Å². The maximum atomic E-state index is 6.23. The molecule has 2 heterocycles. The largest absolute Gasteiger partial charge is 0.366 e. The number of nitrogens with two attached hydrogens (primary N) is 1. The molecule has 0 radical (unpaired) electrons. The van der Waals surface area contributed by atoms with E-state index in [0.29, 0.717) is 0 Å². The van der Waals surface area contributed by atoms with Crippen molar-refractivity contribution in [3.63, 3.8) is 0 Å². The van der Waals surface area contributed by atoms with E-state index in [-0.39, 0.29) is 6.17 Å². The second-order valence-corrected chi connectivity index (χ2v) is 4.90. The number of rotatable bonds is 1. The first-order valence-corrected chi connectivity index (χ1v) is 6.42. The van der Waals surface area contributed by atoms with Crippen LogP contribution in [0.5, 0.6) is 0 Å². The maximum Gasteiger partial charge on any atom is 0.101 e. The molecule has 1 atom stereocenters. The molecule has 3 N–H and O–H groups in total. The van der Waals surface area contributed by atoms with Gasteiger partial charge in [-0.15, -0.1) is 0 Å². The molecule has 0 saturated heterocycles. The van der Waals surface area contributed by atoms with Crippen LogP contribution in [0.1, 0.15) is 22.5 Å². The Hall–Kier alpha value is -2.13. The van der Waals surface area contributed by atoms with Crippen LogP contribution in [0.15, 0.2) is 36.4 Å². The molecule has 96 valence electrons. The molecule has 0 spiro atoms. The third kappa shape index (κ3) is 2.13. The zero-order chi connectivity index (χ0) is 13.4. The molecule has 19 heavy (non-hydrogen) atoms. The van der Waals surface area contributed by atoms with Crippen molar-refractivity contribution in [3.05, 3.63) is 58.9 Å². The van der Waals surface area contributed by atoms with Crippen molar-refractivity contribution in [1.29, 1.82) is 0 Å². The molecule has 1 aliphatic heterocycles. The Balaban J connectivity index is 2.14. The normalized spacial score (nSPS) is 17.4. The lowest BCUT2D eigenvalue weighted by atomic mass is 9.95. The van der Waals surface area contributed by atoms with E-state index in [9.17, 15) is 0 Å². The summed E-state index contributed by atoms with van der Waals surface area (Å²) >= 11 is 0. The number of hydrogen-bond donors (Lipinski definition) is 2. The van der Waals surface area contributed by atoms with E-state index in [0.717, 1.165) is 33.8 Å². The minimum absolute atomic E-state index is 0.184. The number of pyridine rings is 1. The van der Waals surface area contributed by atoms with Crippen LogP contribution >= 0.6 is 0 Å². The van der Waals surface area contributed by atoms with E-state index in [1.807, 2.05) is 38.1 Å². The van der Waals surface area contributed by atoms with Gasteiger partial charge in [0.2, 0.25) is 0 Å². The first-order chi connectivity index (χ1) is 9.15. The van der Waals surface area contributed by atoms with Gasteiger partial charge in [-0.25, -0.2) is 0 Å². The summed E-state index contributed by atoms with van der Waals surface area (Å²) in [5.74, 6) is 0. The van der Waals surface area contributed by atoms with Crippen molar-refractivity contribution in [2.75, 3.05) is 5.32 Å². The summed E-state index contributed by atoms with van der Waals surface area (Å²) in [6.07, 6.45) is 1.96. The first kappa shape index (κ1) is 11.9. The second-order valence-electron chi connectivity index (χ2n) is 4.90. The number of nitrogens with one attached hydrogen (secondary N) is 1. The van der Waals surface area contributed by atoms with Gasteiger partial charge in [0, 0.05) is 22.6 Å². The molecule has 2 aromatic rings. The highest BCUT2D eigenvalue weighted by Gasteiger charge is 2.20. The van der Waals surface area contributed by atoms with Crippen LogP contribution < -0.4 is 11.1 Å². The van der Waals surface area contributed by atoms with Crippen LogP contribution in [-0.4, -0.2) is 11.1 Å². The van der Waals surface area contributed by atoms with E-state index >= 15 is 0 Å². The molecule has 1 aromatic heterocycles. The van der Waals surface area contributed by atoms with Crippen LogP contribution in [0, 0.1) is 13.8 Å². The Morgan fingerprint density at radius 1 is 1.16 bits per heavy atom. The van der Waals surface area contributed by atoms with E-state index < -0.39 is 0 Å². The monoisotopic (exact) mass is 251 g/mol. The predicted octanol–water partition coefficient (Wildman–Crippen LogP) is 2.95. The number of aryl methyl sites for hydroxylation is 2. The number of hydrogen-bond acceptors (Lipinski definition) is 3.